The summed E-state index contributed by atoms with van der Waals surface area (Å²) in [5, 5.41) is 4.99. The smallest absolute Gasteiger partial charge is 0.282 e. The average molecular weight is 616 g/mol. The van der Waals surface area contributed by atoms with Gasteiger partial charge in [-0.3, -0.25) is 4.79 Å². The molecule has 31 heavy (non-hydrogen) atoms. The van der Waals surface area contributed by atoms with Gasteiger partial charge in [-0.25, -0.2) is 4.98 Å². The number of ether oxygens (including phenoxy) is 2. The van der Waals surface area contributed by atoms with Crippen molar-refractivity contribution in [2.45, 2.75) is 39.7 Å². The Morgan fingerprint density at radius 2 is 1.81 bits per heavy atom. The fraction of sp³-hybridized carbons (Fsp3) is 0.318. The molecule has 0 radical (unpaired) electrons. The van der Waals surface area contributed by atoms with E-state index in [1.54, 1.807) is 25.5 Å². The van der Waals surface area contributed by atoms with Crippen molar-refractivity contribution in [2.75, 3.05) is 7.11 Å². The van der Waals surface area contributed by atoms with E-state index < -0.39 is 0 Å². The minimum absolute atomic E-state index is 0.00410. The van der Waals surface area contributed by atoms with Crippen LogP contribution >= 0.6 is 47.8 Å². The third-order valence-electron chi connectivity index (χ3n) is 4.39. The number of fused-ring (bicyclic) bond motifs is 1. The number of halogens is 3. The summed E-state index contributed by atoms with van der Waals surface area (Å²) in [7, 11) is 1.58. The van der Waals surface area contributed by atoms with Crippen LogP contribution in [0.5, 0.6) is 11.5 Å². The average Bonchev–Trinajstić information content (AvgIpc) is 2.71. The van der Waals surface area contributed by atoms with Crippen LogP contribution in [0.4, 0.5) is 0 Å². The first-order chi connectivity index (χ1) is 14.6. The Hall–Kier alpha value is -1.71. The first-order valence-electron chi connectivity index (χ1n) is 9.63. The van der Waals surface area contributed by atoms with E-state index in [1.807, 2.05) is 39.8 Å². The topological polar surface area (TPSA) is 65.7 Å². The molecular weight excluding hydrogens is 594 g/mol. The second kappa shape index (κ2) is 9.83. The number of hydrogen-bond acceptors (Lipinski definition) is 5. The van der Waals surface area contributed by atoms with Gasteiger partial charge in [-0.15, -0.1) is 0 Å². The molecule has 0 aliphatic heterocycles. The molecule has 6 nitrogen and oxygen atoms in total. The van der Waals surface area contributed by atoms with Crippen LogP contribution in [0.3, 0.4) is 0 Å². The molecule has 0 atom stereocenters. The van der Waals surface area contributed by atoms with Crippen molar-refractivity contribution in [2.24, 2.45) is 5.10 Å². The molecule has 164 valence electrons. The fourth-order valence-corrected chi connectivity index (χ4v) is 4.24. The van der Waals surface area contributed by atoms with Crippen molar-refractivity contribution in [1.82, 2.24) is 9.66 Å². The molecule has 1 heterocycles. The molecule has 0 spiro atoms. The third kappa shape index (κ3) is 5.04. The SMILES string of the molecule is COc1cc(C=Nn2c(C(C)C)nc3ccc(Br)cc3c2=O)c(Br)c(Br)c1OC(C)C. The molecule has 0 aliphatic rings. The van der Waals surface area contributed by atoms with Gasteiger partial charge in [0.15, 0.2) is 11.5 Å². The predicted octanol–water partition coefficient (Wildman–Crippen LogP) is 6.49. The summed E-state index contributed by atoms with van der Waals surface area (Å²) in [6.07, 6.45) is 1.58. The van der Waals surface area contributed by atoms with Gasteiger partial charge in [-0.1, -0.05) is 29.8 Å². The molecular formula is C22H22Br3N3O3. The zero-order chi connectivity index (χ0) is 22.9. The predicted molar refractivity (Wildman–Crippen MR) is 135 cm³/mol. The quantitative estimate of drug-likeness (QED) is 0.298. The Bertz CT molecular complexity index is 1220. The minimum atomic E-state index is -0.229. The van der Waals surface area contributed by atoms with Crippen LogP contribution in [-0.2, 0) is 0 Å². The monoisotopic (exact) mass is 613 g/mol. The lowest BCUT2D eigenvalue weighted by Crippen LogP contribution is -2.23. The molecule has 3 aromatic rings. The Labute approximate surface area is 206 Å². The summed E-state index contributed by atoms with van der Waals surface area (Å²) >= 11 is 10.6. The Morgan fingerprint density at radius 1 is 1.10 bits per heavy atom. The maximum absolute atomic E-state index is 13.2. The summed E-state index contributed by atoms with van der Waals surface area (Å²) in [5.74, 6) is 1.74. The second-order valence-corrected chi connectivity index (χ2v) is 9.94. The molecule has 1 aromatic heterocycles. The van der Waals surface area contributed by atoms with E-state index in [4.69, 9.17) is 9.47 Å². The van der Waals surface area contributed by atoms with Crippen molar-refractivity contribution in [3.63, 3.8) is 0 Å². The number of hydrogen-bond donors (Lipinski definition) is 0. The minimum Gasteiger partial charge on any atom is -0.493 e. The molecule has 0 bridgehead atoms. The zero-order valence-corrected chi connectivity index (χ0v) is 22.5. The van der Waals surface area contributed by atoms with Crippen LogP contribution in [0.2, 0.25) is 0 Å². The van der Waals surface area contributed by atoms with Gasteiger partial charge in [-0.05, 0) is 70.0 Å². The van der Waals surface area contributed by atoms with Crippen molar-refractivity contribution in [3.8, 4) is 11.5 Å². The maximum atomic E-state index is 13.2. The van der Waals surface area contributed by atoms with Gasteiger partial charge in [0.05, 0.1) is 34.8 Å². The van der Waals surface area contributed by atoms with Crippen molar-refractivity contribution in [1.29, 1.82) is 0 Å². The lowest BCUT2D eigenvalue weighted by atomic mass is 10.2. The van der Waals surface area contributed by atoms with E-state index in [0.29, 0.717) is 32.7 Å². The lowest BCUT2D eigenvalue weighted by molar-refractivity contribution is 0.228. The van der Waals surface area contributed by atoms with Crippen molar-refractivity contribution in [3.05, 3.63) is 59.4 Å². The normalized spacial score (nSPS) is 11.8. The molecule has 0 unspecified atom stereocenters. The van der Waals surface area contributed by atoms with Crippen LogP contribution < -0.4 is 15.0 Å². The van der Waals surface area contributed by atoms with Crippen LogP contribution in [0.25, 0.3) is 10.9 Å². The van der Waals surface area contributed by atoms with Gasteiger partial charge < -0.3 is 9.47 Å². The van der Waals surface area contributed by atoms with Crippen molar-refractivity contribution < 1.29 is 9.47 Å². The highest BCUT2D eigenvalue weighted by Gasteiger charge is 2.18. The molecule has 0 saturated carbocycles. The zero-order valence-electron chi connectivity index (χ0n) is 17.7. The molecule has 2 aromatic carbocycles. The highest BCUT2D eigenvalue weighted by molar-refractivity contribution is 9.13. The second-order valence-electron chi connectivity index (χ2n) is 7.44. The summed E-state index contributed by atoms with van der Waals surface area (Å²) < 4.78 is 15.0. The van der Waals surface area contributed by atoms with Crippen LogP contribution in [0.1, 0.15) is 45.0 Å². The Kier molecular flexibility index (Phi) is 7.59. The van der Waals surface area contributed by atoms with Gasteiger partial charge in [0.2, 0.25) is 0 Å². The van der Waals surface area contributed by atoms with E-state index in [-0.39, 0.29) is 17.6 Å². The molecule has 9 heteroatoms. The Balaban J connectivity index is 2.17. The number of nitrogens with zero attached hydrogens (tertiary/aromatic N) is 3. The van der Waals surface area contributed by atoms with Crippen LogP contribution in [0.15, 0.2) is 47.6 Å². The van der Waals surface area contributed by atoms with E-state index in [2.05, 4.69) is 57.9 Å². The summed E-state index contributed by atoms with van der Waals surface area (Å²) in [6.45, 7) is 7.85. The molecule has 3 rings (SSSR count). The molecule has 0 aliphatic carbocycles. The third-order valence-corrected chi connectivity index (χ3v) is 7.03. The largest absolute Gasteiger partial charge is 0.493 e. The van der Waals surface area contributed by atoms with Gasteiger partial charge in [0.25, 0.3) is 5.56 Å². The fourth-order valence-electron chi connectivity index (χ4n) is 2.97. The lowest BCUT2D eigenvalue weighted by Gasteiger charge is -2.17. The molecule has 0 saturated heterocycles. The standard InChI is InChI=1S/C22H22Br3N3O3/c1-11(2)21-27-16-7-6-14(23)9-15(16)22(29)28(21)26-10-13-8-17(30-5)20(31-12(3)4)19(25)18(13)24/h6-12H,1-5H3. The first-order valence-corrected chi connectivity index (χ1v) is 12.0. The van der Waals surface area contributed by atoms with Gasteiger partial charge in [0.1, 0.15) is 5.82 Å². The summed E-state index contributed by atoms with van der Waals surface area (Å²) in [4.78, 5) is 17.9. The molecule has 0 amide bonds. The van der Waals surface area contributed by atoms with Crippen LogP contribution in [0, 0.1) is 0 Å². The summed E-state index contributed by atoms with van der Waals surface area (Å²) in [6, 6.07) is 7.26. The first kappa shape index (κ1) is 23.9. The van der Waals surface area contributed by atoms with Gasteiger partial charge in [-0.2, -0.15) is 9.78 Å². The van der Waals surface area contributed by atoms with Crippen LogP contribution in [-0.4, -0.2) is 29.1 Å². The van der Waals surface area contributed by atoms with Crippen molar-refractivity contribution >= 4 is 64.9 Å². The molecule has 0 fully saturated rings. The number of methoxy groups -OCH3 is 1. The highest BCUT2D eigenvalue weighted by atomic mass is 79.9. The maximum Gasteiger partial charge on any atom is 0.282 e. The van der Waals surface area contributed by atoms with Gasteiger partial charge >= 0.3 is 0 Å². The number of aromatic nitrogens is 2. The molecule has 0 N–H and O–H groups in total. The Morgan fingerprint density at radius 3 is 2.42 bits per heavy atom. The number of rotatable bonds is 6. The highest BCUT2D eigenvalue weighted by Crippen LogP contribution is 2.42. The van der Waals surface area contributed by atoms with Gasteiger partial charge in [0, 0.05) is 20.4 Å². The summed E-state index contributed by atoms with van der Waals surface area (Å²) in [5.41, 5.74) is 1.13. The van der Waals surface area contributed by atoms with E-state index in [1.165, 1.54) is 4.68 Å². The van der Waals surface area contributed by atoms with E-state index >= 15 is 0 Å². The van der Waals surface area contributed by atoms with E-state index in [0.717, 1.165) is 14.5 Å². The van der Waals surface area contributed by atoms with E-state index in [9.17, 15) is 4.79 Å². The number of benzene rings is 2.